The lowest BCUT2D eigenvalue weighted by Crippen LogP contribution is -2.01. The third-order valence-corrected chi connectivity index (χ3v) is 3.13. The van der Waals surface area contributed by atoms with Crippen molar-refractivity contribution in [1.82, 2.24) is 0 Å². The standard InChI is InChI=1S/C16H15FN2/c1-3-12-7-4-6-11(2)16(12)19-15-9-5-8-14(17)13(15)10-18/h4-9,19H,3H2,1-2H3. The van der Waals surface area contributed by atoms with Crippen LogP contribution in [0.15, 0.2) is 36.4 Å². The summed E-state index contributed by atoms with van der Waals surface area (Å²) in [7, 11) is 0. The molecule has 19 heavy (non-hydrogen) atoms. The largest absolute Gasteiger partial charge is 0.354 e. The lowest BCUT2D eigenvalue weighted by atomic mass is 10.0. The highest BCUT2D eigenvalue weighted by Gasteiger charge is 2.10. The Balaban J connectivity index is 2.48. The summed E-state index contributed by atoms with van der Waals surface area (Å²) in [5, 5.41) is 12.2. The van der Waals surface area contributed by atoms with E-state index in [9.17, 15) is 4.39 Å². The molecule has 3 heteroatoms. The molecule has 0 aliphatic carbocycles. The maximum absolute atomic E-state index is 13.6. The summed E-state index contributed by atoms with van der Waals surface area (Å²) in [5.74, 6) is -0.501. The van der Waals surface area contributed by atoms with Crippen LogP contribution in [0.2, 0.25) is 0 Å². The zero-order valence-corrected chi connectivity index (χ0v) is 11.0. The molecule has 2 aromatic rings. The summed E-state index contributed by atoms with van der Waals surface area (Å²) < 4.78 is 13.6. The molecule has 0 radical (unpaired) electrons. The van der Waals surface area contributed by atoms with E-state index in [1.807, 2.05) is 31.2 Å². The smallest absolute Gasteiger partial charge is 0.143 e. The SMILES string of the molecule is CCc1cccc(C)c1Nc1cccc(F)c1C#N. The third kappa shape index (κ3) is 2.58. The number of hydrogen-bond donors (Lipinski definition) is 1. The van der Waals surface area contributed by atoms with Gasteiger partial charge in [-0.2, -0.15) is 5.26 Å². The molecule has 0 saturated heterocycles. The van der Waals surface area contributed by atoms with Crippen molar-refractivity contribution < 1.29 is 4.39 Å². The van der Waals surface area contributed by atoms with Crippen LogP contribution in [0.3, 0.4) is 0 Å². The highest BCUT2D eigenvalue weighted by molar-refractivity contribution is 5.71. The number of para-hydroxylation sites is 1. The Labute approximate surface area is 112 Å². The molecule has 2 rings (SSSR count). The maximum atomic E-state index is 13.6. The number of nitriles is 1. The van der Waals surface area contributed by atoms with E-state index in [0.29, 0.717) is 5.69 Å². The van der Waals surface area contributed by atoms with E-state index in [1.54, 1.807) is 12.1 Å². The predicted molar refractivity (Wildman–Crippen MR) is 75.0 cm³/mol. The molecule has 2 nitrogen and oxygen atoms in total. The van der Waals surface area contributed by atoms with Crippen LogP contribution in [0.25, 0.3) is 0 Å². The zero-order valence-electron chi connectivity index (χ0n) is 11.0. The zero-order chi connectivity index (χ0) is 13.8. The first-order valence-electron chi connectivity index (χ1n) is 6.21. The predicted octanol–water partition coefficient (Wildman–Crippen LogP) is 4.31. The molecular formula is C16H15FN2. The maximum Gasteiger partial charge on any atom is 0.143 e. The van der Waals surface area contributed by atoms with E-state index in [-0.39, 0.29) is 5.56 Å². The second kappa shape index (κ2) is 5.53. The van der Waals surface area contributed by atoms with Gasteiger partial charge >= 0.3 is 0 Å². The van der Waals surface area contributed by atoms with Gasteiger partial charge in [0.2, 0.25) is 0 Å². The highest BCUT2D eigenvalue weighted by Crippen LogP contribution is 2.28. The van der Waals surface area contributed by atoms with Gasteiger partial charge in [-0.25, -0.2) is 4.39 Å². The summed E-state index contributed by atoms with van der Waals surface area (Å²) >= 11 is 0. The number of hydrogen-bond acceptors (Lipinski definition) is 2. The van der Waals surface area contributed by atoms with Gasteiger partial charge in [-0.1, -0.05) is 31.2 Å². The lowest BCUT2D eigenvalue weighted by molar-refractivity contribution is 0.624. The van der Waals surface area contributed by atoms with Crippen molar-refractivity contribution in [3.8, 4) is 6.07 Å². The van der Waals surface area contributed by atoms with Crippen LogP contribution in [-0.2, 0) is 6.42 Å². The minimum absolute atomic E-state index is 0.0489. The van der Waals surface area contributed by atoms with Gasteiger partial charge in [-0.15, -0.1) is 0 Å². The Morgan fingerprint density at radius 1 is 1.21 bits per heavy atom. The Morgan fingerprint density at radius 3 is 2.63 bits per heavy atom. The molecule has 96 valence electrons. The first-order valence-corrected chi connectivity index (χ1v) is 6.21. The van der Waals surface area contributed by atoms with E-state index in [2.05, 4.69) is 12.2 Å². The molecule has 0 atom stereocenters. The van der Waals surface area contributed by atoms with Crippen molar-refractivity contribution >= 4 is 11.4 Å². The number of halogens is 1. The monoisotopic (exact) mass is 254 g/mol. The van der Waals surface area contributed by atoms with Crippen LogP contribution in [0.4, 0.5) is 15.8 Å². The molecule has 0 heterocycles. The molecule has 0 aliphatic heterocycles. The van der Waals surface area contributed by atoms with Gasteiger partial charge in [0.25, 0.3) is 0 Å². The fraction of sp³-hybridized carbons (Fsp3) is 0.188. The van der Waals surface area contributed by atoms with Gasteiger partial charge in [0.1, 0.15) is 17.4 Å². The second-order valence-electron chi connectivity index (χ2n) is 4.36. The Morgan fingerprint density at radius 2 is 1.95 bits per heavy atom. The van der Waals surface area contributed by atoms with Gasteiger partial charge in [-0.3, -0.25) is 0 Å². The van der Waals surface area contributed by atoms with Crippen LogP contribution in [0.5, 0.6) is 0 Å². The fourth-order valence-corrected chi connectivity index (χ4v) is 2.08. The van der Waals surface area contributed by atoms with E-state index in [0.717, 1.165) is 23.2 Å². The number of anilines is 2. The van der Waals surface area contributed by atoms with Crippen LogP contribution in [0, 0.1) is 24.1 Å². The van der Waals surface area contributed by atoms with E-state index in [1.165, 1.54) is 6.07 Å². The van der Waals surface area contributed by atoms with Gasteiger partial charge < -0.3 is 5.32 Å². The van der Waals surface area contributed by atoms with Gasteiger partial charge in [0, 0.05) is 5.69 Å². The number of aryl methyl sites for hydroxylation is 2. The summed E-state index contributed by atoms with van der Waals surface area (Å²) in [6.07, 6.45) is 0.876. The average molecular weight is 254 g/mol. The van der Waals surface area contributed by atoms with Crippen molar-refractivity contribution in [3.63, 3.8) is 0 Å². The van der Waals surface area contributed by atoms with Gasteiger partial charge in [0.05, 0.1) is 5.69 Å². The van der Waals surface area contributed by atoms with Gasteiger partial charge in [-0.05, 0) is 36.6 Å². The molecule has 0 unspecified atom stereocenters. The van der Waals surface area contributed by atoms with Crippen molar-refractivity contribution in [2.75, 3.05) is 5.32 Å². The quantitative estimate of drug-likeness (QED) is 0.885. The van der Waals surface area contributed by atoms with E-state index in [4.69, 9.17) is 5.26 Å². The number of benzene rings is 2. The van der Waals surface area contributed by atoms with Crippen molar-refractivity contribution in [2.45, 2.75) is 20.3 Å². The molecule has 0 spiro atoms. The van der Waals surface area contributed by atoms with Crippen LogP contribution >= 0.6 is 0 Å². The third-order valence-electron chi connectivity index (χ3n) is 3.13. The number of rotatable bonds is 3. The fourth-order valence-electron chi connectivity index (χ4n) is 2.08. The van der Waals surface area contributed by atoms with Gasteiger partial charge in [0.15, 0.2) is 0 Å². The van der Waals surface area contributed by atoms with Crippen molar-refractivity contribution in [3.05, 3.63) is 58.9 Å². The summed E-state index contributed by atoms with van der Waals surface area (Å²) in [5.41, 5.74) is 3.73. The molecule has 2 aromatic carbocycles. The topological polar surface area (TPSA) is 35.8 Å². The number of nitrogens with one attached hydrogen (secondary N) is 1. The number of nitrogens with zero attached hydrogens (tertiary/aromatic N) is 1. The first kappa shape index (κ1) is 13.1. The Hall–Kier alpha value is -2.34. The van der Waals surface area contributed by atoms with Crippen LogP contribution in [0.1, 0.15) is 23.6 Å². The molecule has 0 aromatic heterocycles. The first-order chi connectivity index (χ1) is 9.17. The molecular weight excluding hydrogens is 239 g/mol. The second-order valence-corrected chi connectivity index (χ2v) is 4.36. The molecule has 1 N–H and O–H groups in total. The van der Waals surface area contributed by atoms with Crippen molar-refractivity contribution in [1.29, 1.82) is 5.26 Å². The normalized spacial score (nSPS) is 10.0. The highest BCUT2D eigenvalue weighted by atomic mass is 19.1. The summed E-state index contributed by atoms with van der Waals surface area (Å²) in [4.78, 5) is 0. The minimum Gasteiger partial charge on any atom is -0.354 e. The molecule has 0 amide bonds. The van der Waals surface area contributed by atoms with E-state index < -0.39 is 5.82 Å². The molecule has 0 saturated carbocycles. The molecule has 0 bridgehead atoms. The molecule has 0 aliphatic rings. The van der Waals surface area contributed by atoms with E-state index >= 15 is 0 Å². The van der Waals surface area contributed by atoms with Crippen LogP contribution < -0.4 is 5.32 Å². The van der Waals surface area contributed by atoms with Crippen molar-refractivity contribution in [2.24, 2.45) is 0 Å². The Bertz CT molecular complexity index is 642. The average Bonchev–Trinajstić information content (AvgIpc) is 2.41. The summed E-state index contributed by atoms with van der Waals surface area (Å²) in [6.45, 7) is 4.06. The Kier molecular flexibility index (Phi) is 3.82. The van der Waals surface area contributed by atoms with Crippen LogP contribution in [-0.4, -0.2) is 0 Å². The lowest BCUT2D eigenvalue weighted by Gasteiger charge is -2.15. The summed E-state index contributed by atoms with van der Waals surface area (Å²) in [6, 6.07) is 12.5. The molecule has 0 fully saturated rings. The minimum atomic E-state index is -0.501.